The van der Waals surface area contributed by atoms with Crippen molar-refractivity contribution in [2.75, 3.05) is 21.3 Å². The van der Waals surface area contributed by atoms with Crippen molar-refractivity contribution in [3.8, 4) is 28.6 Å². The Balaban J connectivity index is 2.01. The summed E-state index contributed by atoms with van der Waals surface area (Å²) >= 11 is 1.67. The van der Waals surface area contributed by atoms with Crippen molar-refractivity contribution >= 4 is 21.6 Å². The van der Waals surface area contributed by atoms with Gasteiger partial charge in [0.05, 0.1) is 26.7 Å². The SMILES string of the molecule is CCC(C)Cn1c(-c2cc(OC)c(OC)c(OC)c2)nc2sc3c(c2c1=O)CCCC3. The average Bonchev–Trinajstić information content (AvgIpc) is 3.18. The van der Waals surface area contributed by atoms with E-state index in [0.29, 0.717) is 35.5 Å². The maximum absolute atomic E-state index is 13.8. The van der Waals surface area contributed by atoms with E-state index < -0.39 is 0 Å². The minimum absolute atomic E-state index is 0.0634. The van der Waals surface area contributed by atoms with Crippen LogP contribution in [0, 0.1) is 5.92 Å². The maximum Gasteiger partial charge on any atom is 0.262 e. The van der Waals surface area contributed by atoms with Gasteiger partial charge in [0.1, 0.15) is 10.7 Å². The lowest BCUT2D eigenvalue weighted by Gasteiger charge is -2.19. The van der Waals surface area contributed by atoms with Gasteiger partial charge in [-0.05, 0) is 49.3 Å². The Morgan fingerprint density at radius 2 is 1.77 bits per heavy atom. The number of aryl methyl sites for hydroxylation is 2. The predicted octanol–water partition coefficient (Wildman–Crippen LogP) is 5.08. The molecule has 0 N–H and O–H groups in total. The van der Waals surface area contributed by atoms with Gasteiger partial charge < -0.3 is 14.2 Å². The molecule has 1 aliphatic carbocycles. The van der Waals surface area contributed by atoms with Crippen LogP contribution < -0.4 is 19.8 Å². The van der Waals surface area contributed by atoms with Gasteiger partial charge in [0, 0.05) is 17.0 Å². The van der Waals surface area contributed by atoms with E-state index in [1.54, 1.807) is 32.7 Å². The number of nitrogens with zero attached hydrogens (tertiary/aromatic N) is 2. The number of hydrogen-bond donors (Lipinski definition) is 0. The molecule has 2 aromatic heterocycles. The quantitative estimate of drug-likeness (QED) is 0.511. The highest BCUT2D eigenvalue weighted by Crippen LogP contribution is 2.41. The van der Waals surface area contributed by atoms with Crippen LogP contribution in [-0.2, 0) is 19.4 Å². The van der Waals surface area contributed by atoms with E-state index in [9.17, 15) is 4.79 Å². The molecule has 31 heavy (non-hydrogen) atoms. The molecule has 0 radical (unpaired) electrons. The molecule has 2 heterocycles. The summed E-state index contributed by atoms with van der Waals surface area (Å²) in [5.74, 6) is 2.62. The minimum Gasteiger partial charge on any atom is -0.493 e. The number of hydrogen-bond acceptors (Lipinski definition) is 6. The summed E-state index contributed by atoms with van der Waals surface area (Å²) in [5, 5.41) is 0.819. The molecule has 1 unspecified atom stereocenters. The highest BCUT2D eigenvalue weighted by molar-refractivity contribution is 7.18. The summed E-state index contributed by atoms with van der Waals surface area (Å²) in [5.41, 5.74) is 2.06. The first-order valence-electron chi connectivity index (χ1n) is 10.9. The Morgan fingerprint density at radius 1 is 1.10 bits per heavy atom. The second-order valence-electron chi connectivity index (χ2n) is 8.17. The molecule has 0 saturated heterocycles. The number of benzene rings is 1. The monoisotopic (exact) mass is 442 g/mol. The van der Waals surface area contributed by atoms with Crippen molar-refractivity contribution in [1.29, 1.82) is 0 Å². The van der Waals surface area contributed by atoms with E-state index in [4.69, 9.17) is 19.2 Å². The lowest BCUT2D eigenvalue weighted by molar-refractivity contribution is 0.324. The molecule has 1 aromatic carbocycles. The van der Waals surface area contributed by atoms with Crippen molar-refractivity contribution < 1.29 is 14.2 Å². The predicted molar refractivity (Wildman–Crippen MR) is 125 cm³/mol. The first-order chi connectivity index (χ1) is 15.0. The topological polar surface area (TPSA) is 62.6 Å². The van der Waals surface area contributed by atoms with Crippen LogP contribution in [0.5, 0.6) is 17.2 Å². The third-order valence-electron chi connectivity index (χ3n) is 6.19. The summed E-state index contributed by atoms with van der Waals surface area (Å²) in [6.07, 6.45) is 5.32. The van der Waals surface area contributed by atoms with Crippen molar-refractivity contribution in [1.82, 2.24) is 9.55 Å². The zero-order chi connectivity index (χ0) is 22.1. The zero-order valence-electron chi connectivity index (χ0n) is 18.9. The molecule has 1 aliphatic rings. The van der Waals surface area contributed by atoms with Crippen LogP contribution in [-0.4, -0.2) is 30.9 Å². The normalized spacial score (nSPS) is 14.4. The van der Waals surface area contributed by atoms with E-state index in [1.165, 1.54) is 16.9 Å². The minimum atomic E-state index is 0.0634. The van der Waals surface area contributed by atoms with E-state index in [1.807, 2.05) is 16.7 Å². The van der Waals surface area contributed by atoms with E-state index in [2.05, 4.69) is 13.8 Å². The summed E-state index contributed by atoms with van der Waals surface area (Å²) in [7, 11) is 4.77. The fourth-order valence-electron chi connectivity index (χ4n) is 4.28. The number of ether oxygens (including phenoxy) is 3. The molecule has 1 atom stereocenters. The Kier molecular flexibility index (Phi) is 6.23. The Morgan fingerprint density at radius 3 is 2.39 bits per heavy atom. The smallest absolute Gasteiger partial charge is 0.262 e. The molecular weight excluding hydrogens is 412 g/mol. The van der Waals surface area contributed by atoms with Gasteiger partial charge >= 0.3 is 0 Å². The second kappa shape index (κ2) is 8.91. The van der Waals surface area contributed by atoms with E-state index in [-0.39, 0.29) is 5.56 Å². The molecule has 4 rings (SSSR count). The molecule has 0 spiro atoms. The Bertz CT molecular complexity index is 1140. The summed E-state index contributed by atoms with van der Waals surface area (Å²) < 4.78 is 18.4. The van der Waals surface area contributed by atoms with Gasteiger partial charge in [-0.25, -0.2) is 4.98 Å². The van der Waals surface area contributed by atoms with Gasteiger partial charge in [0.25, 0.3) is 5.56 Å². The van der Waals surface area contributed by atoms with Crippen molar-refractivity contribution in [3.63, 3.8) is 0 Å². The van der Waals surface area contributed by atoms with Crippen LogP contribution in [0.25, 0.3) is 21.6 Å². The maximum atomic E-state index is 13.8. The van der Waals surface area contributed by atoms with E-state index in [0.717, 1.165) is 41.5 Å². The molecular formula is C24H30N2O4S. The Hall–Kier alpha value is -2.54. The molecule has 0 amide bonds. The van der Waals surface area contributed by atoms with Gasteiger partial charge in [0.2, 0.25) is 5.75 Å². The highest BCUT2D eigenvalue weighted by Gasteiger charge is 2.24. The molecule has 0 saturated carbocycles. The molecule has 166 valence electrons. The highest BCUT2D eigenvalue weighted by atomic mass is 32.1. The Labute approximate surface area is 186 Å². The summed E-state index contributed by atoms with van der Waals surface area (Å²) in [6.45, 7) is 4.93. The number of aromatic nitrogens is 2. The van der Waals surface area contributed by atoms with Gasteiger partial charge in [-0.1, -0.05) is 20.3 Å². The molecule has 0 fully saturated rings. The first-order valence-corrected chi connectivity index (χ1v) is 11.7. The molecule has 0 bridgehead atoms. The number of methoxy groups -OCH3 is 3. The lowest BCUT2D eigenvalue weighted by Crippen LogP contribution is -2.26. The molecule has 3 aromatic rings. The van der Waals surface area contributed by atoms with E-state index >= 15 is 0 Å². The largest absolute Gasteiger partial charge is 0.493 e. The third-order valence-corrected chi connectivity index (χ3v) is 7.37. The van der Waals surface area contributed by atoms with Crippen molar-refractivity contribution in [2.24, 2.45) is 5.92 Å². The molecule has 0 aliphatic heterocycles. The fraction of sp³-hybridized carbons (Fsp3) is 0.500. The van der Waals surface area contributed by atoms with Gasteiger partial charge in [-0.2, -0.15) is 0 Å². The fourth-order valence-corrected chi connectivity index (χ4v) is 5.53. The third kappa shape index (κ3) is 3.80. The summed E-state index contributed by atoms with van der Waals surface area (Å²) in [6, 6.07) is 3.74. The average molecular weight is 443 g/mol. The van der Waals surface area contributed by atoms with Crippen molar-refractivity contribution in [3.05, 3.63) is 32.9 Å². The van der Waals surface area contributed by atoms with Gasteiger partial charge in [-0.3, -0.25) is 9.36 Å². The van der Waals surface area contributed by atoms with Crippen LogP contribution in [0.2, 0.25) is 0 Å². The van der Waals surface area contributed by atoms with Gasteiger partial charge in [-0.15, -0.1) is 11.3 Å². The first kappa shape index (κ1) is 21.7. The summed E-state index contributed by atoms with van der Waals surface area (Å²) in [4.78, 5) is 21.0. The number of fused-ring (bicyclic) bond motifs is 3. The van der Waals surface area contributed by atoms with Crippen LogP contribution in [0.4, 0.5) is 0 Å². The van der Waals surface area contributed by atoms with Crippen LogP contribution in [0.3, 0.4) is 0 Å². The second-order valence-corrected chi connectivity index (χ2v) is 9.25. The number of thiophene rings is 1. The molecule has 6 nitrogen and oxygen atoms in total. The van der Waals surface area contributed by atoms with Gasteiger partial charge in [0.15, 0.2) is 11.5 Å². The zero-order valence-corrected chi connectivity index (χ0v) is 19.7. The number of rotatable bonds is 7. The van der Waals surface area contributed by atoms with Crippen LogP contribution >= 0.6 is 11.3 Å². The van der Waals surface area contributed by atoms with Crippen molar-refractivity contribution in [2.45, 2.75) is 52.5 Å². The lowest BCUT2D eigenvalue weighted by atomic mass is 9.97. The standard InChI is InChI=1S/C24H30N2O4S/c1-6-14(2)13-26-22(15-11-17(28-3)21(30-5)18(12-15)29-4)25-23-20(24(26)27)16-9-7-8-10-19(16)31-23/h11-12,14H,6-10,13H2,1-5H3. The van der Waals surface area contributed by atoms with Crippen LogP contribution in [0.15, 0.2) is 16.9 Å². The van der Waals surface area contributed by atoms with Crippen LogP contribution in [0.1, 0.15) is 43.6 Å². The molecule has 7 heteroatoms.